The molecule has 0 radical (unpaired) electrons. The predicted molar refractivity (Wildman–Crippen MR) is 76.6 cm³/mol. The number of aromatic nitrogens is 2. The molecular formula is C12H16N4O4S. The fourth-order valence-corrected chi connectivity index (χ4v) is 2.93. The topological polar surface area (TPSA) is 119 Å². The number of methoxy groups -OCH3 is 2. The van der Waals surface area contributed by atoms with Crippen LogP contribution in [0, 0.1) is 0 Å². The summed E-state index contributed by atoms with van der Waals surface area (Å²) >= 11 is 0. The molecule has 2 rings (SSSR count). The molecule has 1 aromatic heterocycles. The van der Waals surface area contributed by atoms with Crippen LogP contribution < -0.4 is 19.9 Å². The zero-order valence-electron chi connectivity index (χ0n) is 11.6. The van der Waals surface area contributed by atoms with Crippen molar-refractivity contribution in [3.63, 3.8) is 0 Å². The first-order valence-electron chi connectivity index (χ1n) is 5.96. The summed E-state index contributed by atoms with van der Waals surface area (Å²) in [5.41, 5.74) is 6.60. The van der Waals surface area contributed by atoms with Crippen LogP contribution in [0.3, 0.4) is 0 Å². The molecule has 9 heteroatoms. The van der Waals surface area contributed by atoms with E-state index in [1.807, 2.05) is 0 Å². The molecule has 0 aliphatic rings. The average Bonchev–Trinajstić information content (AvgIpc) is 2.98. The van der Waals surface area contributed by atoms with Crippen LogP contribution in [-0.2, 0) is 16.6 Å². The van der Waals surface area contributed by atoms with Crippen LogP contribution in [0.2, 0.25) is 0 Å². The number of sulfonamides is 1. The van der Waals surface area contributed by atoms with Gasteiger partial charge in [0.1, 0.15) is 16.4 Å². The first-order chi connectivity index (χ1) is 9.97. The number of hydrogen-bond donors (Lipinski definition) is 3. The summed E-state index contributed by atoms with van der Waals surface area (Å²) in [6.07, 6.45) is 3.00. The summed E-state index contributed by atoms with van der Waals surface area (Å²) in [7, 11) is -0.971. The molecule has 114 valence electrons. The van der Waals surface area contributed by atoms with E-state index in [1.54, 1.807) is 0 Å². The molecule has 1 heterocycles. The Morgan fingerprint density at radius 1 is 1.29 bits per heavy atom. The molecule has 8 nitrogen and oxygen atoms in total. The summed E-state index contributed by atoms with van der Waals surface area (Å²) in [4.78, 5) is 6.57. The molecular weight excluding hydrogens is 296 g/mol. The largest absolute Gasteiger partial charge is 0.495 e. The standard InChI is InChI=1S/C12H16N4O4S/c1-19-10-4-11(20-2)12(3-9(10)13)21(17,18)16-6-8-5-14-7-15-8/h3-5,7,16H,6,13H2,1-2H3,(H,14,15). The maximum atomic E-state index is 12.3. The van der Waals surface area contributed by atoms with Gasteiger partial charge in [0, 0.05) is 18.0 Å². The van der Waals surface area contributed by atoms with Gasteiger partial charge in [-0.2, -0.15) is 0 Å². The Balaban J connectivity index is 2.32. The monoisotopic (exact) mass is 312 g/mol. The van der Waals surface area contributed by atoms with E-state index in [1.165, 1.54) is 38.9 Å². The minimum absolute atomic E-state index is 0.0529. The van der Waals surface area contributed by atoms with Gasteiger partial charge in [-0.3, -0.25) is 0 Å². The molecule has 0 atom stereocenters. The fraction of sp³-hybridized carbons (Fsp3) is 0.250. The number of benzene rings is 1. The van der Waals surface area contributed by atoms with Crippen molar-refractivity contribution in [2.45, 2.75) is 11.4 Å². The maximum Gasteiger partial charge on any atom is 0.244 e. The van der Waals surface area contributed by atoms with Gasteiger partial charge in [0.05, 0.1) is 32.8 Å². The molecule has 0 fully saturated rings. The number of nitrogens with one attached hydrogen (secondary N) is 2. The summed E-state index contributed by atoms with van der Waals surface area (Å²) in [5, 5.41) is 0. The first-order valence-corrected chi connectivity index (χ1v) is 7.44. The molecule has 0 saturated heterocycles. The number of hydrogen-bond acceptors (Lipinski definition) is 6. The molecule has 0 unspecified atom stereocenters. The van der Waals surface area contributed by atoms with Crippen LogP contribution >= 0.6 is 0 Å². The lowest BCUT2D eigenvalue weighted by Crippen LogP contribution is -2.24. The Labute approximate surface area is 122 Å². The summed E-state index contributed by atoms with van der Waals surface area (Å²) < 4.78 is 37.2. The van der Waals surface area contributed by atoms with E-state index in [0.29, 0.717) is 11.4 Å². The van der Waals surface area contributed by atoms with E-state index in [4.69, 9.17) is 15.2 Å². The van der Waals surface area contributed by atoms with Crippen LogP contribution in [0.5, 0.6) is 11.5 Å². The highest BCUT2D eigenvalue weighted by Gasteiger charge is 2.21. The smallest absolute Gasteiger partial charge is 0.244 e. The third-order valence-electron chi connectivity index (χ3n) is 2.81. The van der Waals surface area contributed by atoms with Gasteiger partial charge in [0.25, 0.3) is 0 Å². The maximum absolute atomic E-state index is 12.3. The van der Waals surface area contributed by atoms with E-state index >= 15 is 0 Å². The van der Waals surface area contributed by atoms with Crippen molar-refractivity contribution in [3.8, 4) is 11.5 Å². The third-order valence-corrected chi connectivity index (χ3v) is 4.24. The second-order valence-electron chi connectivity index (χ2n) is 4.15. The zero-order valence-corrected chi connectivity index (χ0v) is 12.4. The Kier molecular flexibility index (Phi) is 4.34. The van der Waals surface area contributed by atoms with Crippen LogP contribution in [0.25, 0.3) is 0 Å². The summed E-state index contributed by atoms with van der Waals surface area (Å²) in [5.74, 6) is 0.498. The number of nitrogens with zero attached hydrogens (tertiary/aromatic N) is 1. The summed E-state index contributed by atoms with van der Waals surface area (Å²) in [6.45, 7) is 0.0808. The van der Waals surface area contributed by atoms with E-state index in [0.717, 1.165) is 0 Å². The molecule has 0 aliphatic carbocycles. The number of imidazole rings is 1. The molecule has 4 N–H and O–H groups in total. The van der Waals surface area contributed by atoms with Crippen molar-refractivity contribution >= 4 is 15.7 Å². The molecule has 2 aromatic rings. The van der Waals surface area contributed by atoms with Gasteiger partial charge in [-0.15, -0.1) is 0 Å². The van der Waals surface area contributed by atoms with E-state index in [-0.39, 0.29) is 22.9 Å². The van der Waals surface area contributed by atoms with Crippen LogP contribution in [0.1, 0.15) is 5.69 Å². The normalized spacial score (nSPS) is 11.3. The highest BCUT2D eigenvalue weighted by Crippen LogP contribution is 2.33. The average molecular weight is 312 g/mol. The predicted octanol–water partition coefficient (Wildman–Crippen LogP) is 0.488. The first kappa shape index (κ1) is 15.1. The van der Waals surface area contributed by atoms with Gasteiger partial charge in [-0.05, 0) is 6.07 Å². The van der Waals surface area contributed by atoms with E-state index < -0.39 is 10.0 Å². The molecule has 0 bridgehead atoms. The van der Waals surface area contributed by atoms with Crippen molar-refractivity contribution in [1.29, 1.82) is 0 Å². The number of ether oxygens (including phenoxy) is 2. The van der Waals surface area contributed by atoms with E-state index in [9.17, 15) is 8.42 Å². The number of nitrogen functional groups attached to an aromatic ring is 1. The van der Waals surface area contributed by atoms with Crippen LogP contribution in [0.4, 0.5) is 5.69 Å². The Hall–Kier alpha value is -2.26. The van der Waals surface area contributed by atoms with Gasteiger partial charge in [-0.25, -0.2) is 18.1 Å². The van der Waals surface area contributed by atoms with Crippen molar-refractivity contribution in [2.75, 3.05) is 20.0 Å². The Bertz CT molecular complexity index is 713. The number of rotatable bonds is 6. The molecule has 21 heavy (non-hydrogen) atoms. The number of nitrogens with two attached hydrogens (primary N) is 1. The molecule has 0 amide bonds. The quantitative estimate of drug-likeness (QED) is 0.668. The second kappa shape index (κ2) is 6.02. The van der Waals surface area contributed by atoms with Crippen LogP contribution in [-0.4, -0.2) is 32.6 Å². The molecule has 0 spiro atoms. The van der Waals surface area contributed by atoms with Gasteiger partial charge >= 0.3 is 0 Å². The SMILES string of the molecule is COc1cc(OC)c(S(=O)(=O)NCc2cnc[nH]2)cc1N. The van der Waals surface area contributed by atoms with Crippen molar-refractivity contribution in [2.24, 2.45) is 0 Å². The number of aromatic amines is 1. The number of anilines is 1. The second-order valence-corrected chi connectivity index (χ2v) is 5.88. The molecule has 0 saturated carbocycles. The fourth-order valence-electron chi connectivity index (χ4n) is 1.74. The highest BCUT2D eigenvalue weighted by atomic mass is 32.2. The van der Waals surface area contributed by atoms with Gasteiger partial charge < -0.3 is 20.2 Å². The van der Waals surface area contributed by atoms with Crippen molar-refractivity contribution < 1.29 is 17.9 Å². The zero-order chi connectivity index (χ0) is 15.5. The number of H-pyrrole nitrogens is 1. The van der Waals surface area contributed by atoms with Crippen LogP contribution in [0.15, 0.2) is 29.6 Å². The lowest BCUT2D eigenvalue weighted by atomic mass is 10.3. The lowest BCUT2D eigenvalue weighted by molar-refractivity contribution is 0.387. The highest BCUT2D eigenvalue weighted by molar-refractivity contribution is 7.89. The Morgan fingerprint density at radius 3 is 2.57 bits per heavy atom. The molecule has 1 aromatic carbocycles. The Morgan fingerprint density at radius 2 is 2.00 bits per heavy atom. The summed E-state index contributed by atoms with van der Waals surface area (Å²) in [6, 6.07) is 2.73. The van der Waals surface area contributed by atoms with Gasteiger partial charge in [0.2, 0.25) is 10.0 Å². The van der Waals surface area contributed by atoms with Gasteiger partial charge in [-0.1, -0.05) is 0 Å². The minimum atomic E-state index is -3.78. The third kappa shape index (κ3) is 3.26. The van der Waals surface area contributed by atoms with Crippen molar-refractivity contribution in [1.82, 2.24) is 14.7 Å². The molecule has 0 aliphatic heterocycles. The minimum Gasteiger partial charge on any atom is -0.495 e. The van der Waals surface area contributed by atoms with Gasteiger partial charge in [0.15, 0.2) is 0 Å². The van der Waals surface area contributed by atoms with Crippen molar-refractivity contribution in [3.05, 3.63) is 30.4 Å². The van der Waals surface area contributed by atoms with E-state index in [2.05, 4.69) is 14.7 Å². The lowest BCUT2D eigenvalue weighted by Gasteiger charge is -2.13.